The molecule has 59 heavy (non-hydrogen) atoms. The van der Waals surface area contributed by atoms with E-state index in [0.29, 0.717) is 54.5 Å². The lowest BCUT2D eigenvalue weighted by Crippen LogP contribution is -2.51. The topological polar surface area (TPSA) is 199 Å². The van der Waals surface area contributed by atoms with Crippen molar-refractivity contribution in [2.75, 3.05) is 30.8 Å². The van der Waals surface area contributed by atoms with E-state index in [1.165, 1.54) is 44.0 Å². The van der Waals surface area contributed by atoms with E-state index in [0.717, 1.165) is 18.1 Å². The molecule has 1 aliphatic heterocycles. The average molecular weight is 837 g/mol. The number of imidazole rings is 2. The van der Waals surface area contributed by atoms with Crippen molar-refractivity contribution in [2.45, 2.75) is 70.8 Å². The van der Waals surface area contributed by atoms with Crippen molar-refractivity contribution in [3.05, 3.63) is 100 Å². The lowest BCUT2D eigenvalue weighted by Gasteiger charge is -2.30. The molecule has 4 aromatic rings. The highest BCUT2D eigenvalue weighted by molar-refractivity contribution is 6.34. The van der Waals surface area contributed by atoms with Crippen LogP contribution >= 0.6 is 11.6 Å². The maximum Gasteiger partial charge on any atom is 0.417 e. The van der Waals surface area contributed by atoms with Crippen LogP contribution < -0.4 is 21.3 Å². The molecule has 0 radical (unpaired) electrons. The van der Waals surface area contributed by atoms with E-state index in [1.54, 1.807) is 30.2 Å². The number of ether oxygens (including phenoxy) is 1. The molecule has 1 aromatic carbocycles. The van der Waals surface area contributed by atoms with Gasteiger partial charge in [0, 0.05) is 25.3 Å². The fourth-order valence-corrected chi connectivity index (χ4v) is 7.15. The molecule has 0 saturated carbocycles. The van der Waals surface area contributed by atoms with Crippen LogP contribution in [-0.2, 0) is 15.7 Å². The standard InChI is InChI=1S/C40H44ClF3N10O5/c1-21(2)34(53-39(58)59-4)38(57)54-13-5-6-32(54)35-48-19-30(51-35)24-9-7-23(8-10-24)26-14-28(41)29(15-27(26)40(42,43)44)52-36(55)25-11-12-33(47-17-25)46-16-22(3)50-37(56)31-18-45-20-49-31/h7,9,11-12,14-15,17-22,32,34H,5-6,8,10,13,16H2,1-4H3,(H,45,49)(H,46,47)(H,48,51)(H,50,56)(H,52,55)(H,53,58). The van der Waals surface area contributed by atoms with E-state index < -0.39 is 29.8 Å². The summed E-state index contributed by atoms with van der Waals surface area (Å²) < 4.78 is 48.3. The van der Waals surface area contributed by atoms with Crippen LogP contribution in [-0.4, -0.2) is 85.9 Å². The minimum absolute atomic E-state index is 0.0789. The van der Waals surface area contributed by atoms with E-state index in [1.807, 2.05) is 13.8 Å². The Morgan fingerprint density at radius 2 is 1.76 bits per heavy atom. The van der Waals surface area contributed by atoms with Gasteiger partial charge in [0.1, 0.15) is 23.4 Å². The number of hydrogen-bond donors (Lipinski definition) is 6. The van der Waals surface area contributed by atoms with Gasteiger partial charge in [0.25, 0.3) is 11.8 Å². The Bertz CT molecular complexity index is 2240. The minimum atomic E-state index is -4.77. The van der Waals surface area contributed by atoms with Crippen LogP contribution in [0.1, 0.15) is 96.0 Å². The number of aromatic amines is 2. The Balaban J connectivity index is 1.12. The average Bonchev–Trinajstić information content (AvgIpc) is 4.02. The fourth-order valence-electron chi connectivity index (χ4n) is 6.93. The monoisotopic (exact) mass is 836 g/mol. The molecule has 3 unspecified atom stereocenters. The van der Waals surface area contributed by atoms with Gasteiger partial charge in [-0.3, -0.25) is 14.4 Å². The molecule has 1 aliphatic carbocycles. The molecule has 312 valence electrons. The number of methoxy groups -OCH3 is 1. The molecule has 0 spiro atoms. The summed E-state index contributed by atoms with van der Waals surface area (Å²) in [4.78, 5) is 71.1. The Morgan fingerprint density at radius 3 is 2.41 bits per heavy atom. The Hall–Kier alpha value is -6.17. The molecular formula is C40H44ClF3N10O5. The minimum Gasteiger partial charge on any atom is -0.453 e. The third-order valence-corrected chi connectivity index (χ3v) is 10.4. The molecule has 4 heterocycles. The summed E-state index contributed by atoms with van der Waals surface area (Å²) in [6.07, 6.45) is 5.68. The summed E-state index contributed by atoms with van der Waals surface area (Å²) in [7, 11) is 1.24. The van der Waals surface area contributed by atoms with Crippen LogP contribution in [0, 0.1) is 5.92 Å². The number of aromatic nitrogens is 5. The largest absolute Gasteiger partial charge is 0.453 e. The van der Waals surface area contributed by atoms with Gasteiger partial charge in [0.15, 0.2) is 0 Å². The van der Waals surface area contributed by atoms with Crippen molar-refractivity contribution >= 4 is 58.1 Å². The van der Waals surface area contributed by atoms with Gasteiger partial charge in [-0.2, -0.15) is 13.2 Å². The SMILES string of the molecule is COC(=O)NC(C(=O)N1CCCC1c1ncc(C2=CC=C(c3cc(Cl)c(NC(=O)c4ccc(NCC(C)NC(=O)c5cnc[nH]5)nc4)cc3C(F)(F)F)CC2)[nH]1)C(C)C. The Kier molecular flexibility index (Phi) is 13.1. The first-order valence-corrected chi connectivity index (χ1v) is 19.3. The first kappa shape index (κ1) is 42.4. The molecular weight excluding hydrogens is 793 g/mol. The quantitative estimate of drug-likeness (QED) is 0.0822. The number of allylic oxidation sites excluding steroid dienone is 4. The summed E-state index contributed by atoms with van der Waals surface area (Å²) in [6, 6.07) is 3.63. The summed E-state index contributed by atoms with van der Waals surface area (Å²) in [5.41, 5.74) is 1.04. The van der Waals surface area contributed by atoms with Crippen molar-refractivity contribution in [1.29, 1.82) is 0 Å². The molecule has 3 atom stereocenters. The number of carbonyl (C=O) groups excluding carboxylic acids is 4. The van der Waals surface area contributed by atoms with Gasteiger partial charge in [0.05, 0.1) is 59.4 Å². The third-order valence-electron chi connectivity index (χ3n) is 10.1. The summed E-state index contributed by atoms with van der Waals surface area (Å²) in [5.74, 6) is -0.468. The number of pyridine rings is 1. The van der Waals surface area contributed by atoms with Crippen LogP contribution in [0.5, 0.6) is 0 Å². The fraction of sp³-hybridized carbons (Fsp3) is 0.375. The normalized spacial score (nSPS) is 16.5. The summed E-state index contributed by atoms with van der Waals surface area (Å²) in [5, 5.41) is 10.9. The molecule has 6 N–H and O–H groups in total. The lowest BCUT2D eigenvalue weighted by molar-refractivity contribution is -0.138. The third kappa shape index (κ3) is 10.1. The zero-order valence-electron chi connectivity index (χ0n) is 32.7. The van der Waals surface area contributed by atoms with Crippen LogP contribution in [0.15, 0.2) is 61.3 Å². The number of likely N-dealkylation sites (tertiary alicyclic amines) is 1. The second kappa shape index (κ2) is 18.2. The smallest absolute Gasteiger partial charge is 0.417 e. The molecule has 3 aromatic heterocycles. The van der Waals surface area contributed by atoms with E-state index in [-0.39, 0.29) is 58.1 Å². The number of nitrogens with zero attached hydrogens (tertiary/aromatic N) is 4. The maximum atomic E-state index is 14.5. The van der Waals surface area contributed by atoms with Crippen molar-refractivity contribution in [3.8, 4) is 0 Å². The number of rotatable bonds is 13. The van der Waals surface area contributed by atoms with E-state index >= 15 is 0 Å². The molecule has 1 saturated heterocycles. The van der Waals surface area contributed by atoms with E-state index in [2.05, 4.69) is 46.2 Å². The maximum absolute atomic E-state index is 14.5. The van der Waals surface area contributed by atoms with Gasteiger partial charge >= 0.3 is 12.3 Å². The zero-order valence-corrected chi connectivity index (χ0v) is 33.4. The van der Waals surface area contributed by atoms with Gasteiger partial charge in [-0.05, 0) is 79.5 Å². The zero-order chi connectivity index (χ0) is 42.4. The van der Waals surface area contributed by atoms with Crippen molar-refractivity contribution in [1.82, 2.24) is 40.5 Å². The van der Waals surface area contributed by atoms with Gasteiger partial charge in [-0.25, -0.2) is 19.7 Å². The highest BCUT2D eigenvalue weighted by Crippen LogP contribution is 2.43. The number of alkyl halides is 3. The predicted octanol–water partition coefficient (Wildman–Crippen LogP) is 6.99. The Morgan fingerprint density at radius 1 is 1.00 bits per heavy atom. The molecule has 19 heteroatoms. The van der Waals surface area contributed by atoms with Crippen LogP contribution in [0.4, 0.5) is 29.5 Å². The van der Waals surface area contributed by atoms with Crippen molar-refractivity contribution < 1.29 is 37.1 Å². The number of nitrogens with one attached hydrogen (secondary N) is 6. The lowest BCUT2D eigenvalue weighted by atomic mass is 9.89. The molecule has 2 aliphatic rings. The first-order chi connectivity index (χ1) is 28.1. The van der Waals surface area contributed by atoms with Crippen LogP contribution in [0.2, 0.25) is 5.02 Å². The highest BCUT2D eigenvalue weighted by Gasteiger charge is 2.38. The van der Waals surface area contributed by atoms with Gasteiger partial charge in [0.2, 0.25) is 5.91 Å². The van der Waals surface area contributed by atoms with Gasteiger partial charge < -0.3 is 40.9 Å². The molecule has 15 nitrogen and oxygen atoms in total. The number of anilines is 2. The molecule has 1 fully saturated rings. The second-order valence-corrected chi connectivity index (χ2v) is 15.0. The molecule has 6 rings (SSSR count). The van der Waals surface area contributed by atoms with Crippen LogP contribution in [0.25, 0.3) is 11.1 Å². The van der Waals surface area contributed by atoms with Gasteiger partial charge in [-0.1, -0.05) is 37.6 Å². The predicted molar refractivity (Wildman–Crippen MR) is 214 cm³/mol. The molecule has 0 bridgehead atoms. The van der Waals surface area contributed by atoms with E-state index in [4.69, 9.17) is 16.3 Å². The summed E-state index contributed by atoms with van der Waals surface area (Å²) >= 11 is 6.51. The number of H-pyrrole nitrogens is 2. The number of benzene rings is 1. The highest BCUT2D eigenvalue weighted by atomic mass is 35.5. The second-order valence-electron chi connectivity index (χ2n) is 14.6. The molecule has 4 amide bonds. The number of amides is 4. The number of halogens is 4. The van der Waals surface area contributed by atoms with Crippen molar-refractivity contribution in [3.63, 3.8) is 0 Å². The number of carbonyl (C=O) groups is 4. The number of hydrogen-bond acceptors (Lipinski definition) is 9. The summed E-state index contributed by atoms with van der Waals surface area (Å²) in [6.45, 7) is 6.27. The number of alkyl carbamates (subject to hydrolysis) is 1. The van der Waals surface area contributed by atoms with Crippen molar-refractivity contribution in [2.24, 2.45) is 5.92 Å². The van der Waals surface area contributed by atoms with Gasteiger partial charge in [-0.15, -0.1) is 0 Å². The van der Waals surface area contributed by atoms with E-state index in [9.17, 15) is 32.3 Å². The Labute approximate surface area is 342 Å². The first-order valence-electron chi connectivity index (χ1n) is 18.9. The van der Waals surface area contributed by atoms with Crippen LogP contribution in [0.3, 0.4) is 0 Å².